The van der Waals surface area contributed by atoms with Gasteiger partial charge in [-0.05, 0) is 37.2 Å². The summed E-state index contributed by atoms with van der Waals surface area (Å²) in [5, 5.41) is 6.12. The monoisotopic (exact) mass is 282 g/mol. The van der Waals surface area contributed by atoms with Crippen LogP contribution in [0.1, 0.15) is 6.92 Å². The van der Waals surface area contributed by atoms with E-state index >= 15 is 0 Å². The lowest BCUT2D eigenvalue weighted by atomic mass is 9.88. The van der Waals surface area contributed by atoms with Crippen molar-refractivity contribution in [3.8, 4) is 0 Å². The lowest BCUT2D eigenvalue weighted by Crippen LogP contribution is -2.48. The maximum atomic E-state index is 11.9. The highest BCUT2D eigenvalue weighted by atomic mass is 79.9. The SMILES string of the molecule is CC(C(=O)Nc1cccc(Br)c1)C1CNC1. The Morgan fingerprint density at radius 3 is 2.88 bits per heavy atom. The lowest BCUT2D eigenvalue weighted by Gasteiger charge is -2.31. The van der Waals surface area contributed by atoms with Crippen LogP contribution in [0.5, 0.6) is 0 Å². The highest BCUT2D eigenvalue weighted by Crippen LogP contribution is 2.20. The molecule has 1 amide bonds. The number of hydrogen-bond donors (Lipinski definition) is 2. The quantitative estimate of drug-likeness (QED) is 0.893. The van der Waals surface area contributed by atoms with Crippen LogP contribution in [0.2, 0.25) is 0 Å². The highest BCUT2D eigenvalue weighted by molar-refractivity contribution is 9.10. The number of nitrogens with one attached hydrogen (secondary N) is 2. The molecule has 0 aliphatic carbocycles. The minimum absolute atomic E-state index is 0.0697. The van der Waals surface area contributed by atoms with Gasteiger partial charge in [-0.1, -0.05) is 28.9 Å². The molecule has 1 saturated heterocycles. The van der Waals surface area contributed by atoms with E-state index in [1.165, 1.54) is 0 Å². The summed E-state index contributed by atoms with van der Waals surface area (Å²) in [5.41, 5.74) is 0.846. The molecule has 1 aromatic rings. The van der Waals surface area contributed by atoms with E-state index < -0.39 is 0 Å². The number of benzene rings is 1. The van der Waals surface area contributed by atoms with Gasteiger partial charge in [-0.3, -0.25) is 4.79 Å². The van der Waals surface area contributed by atoms with Crippen LogP contribution in [0.3, 0.4) is 0 Å². The predicted octanol–water partition coefficient (Wildman–Crippen LogP) is 2.24. The molecule has 0 radical (unpaired) electrons. The fraction of sp³-hybridized carbons (Fsp3) is 0.417. The van der Waals surface area contributed by atoms with Crippen molar-refractivity contribution in [3.63, 3.8) is 0 Å². The molecular weight excluding hydrogens is 268 g/mol. The summed E-state index contributed by atoms with van der Waals surface area (Å²) in [7, 11) is 0. The molecule has 86 valence electrons. The average molecular weight is 283 g/mol. The van der Waals surface area contributed by atoms with Crippen molar-refractivity contribution in [3.05, 3.63) is 28.7 Å². The van der Waals surface area contributed by atoms with Gasteiger partial charge in [-0.2, -0.15) is 0 Å². The summed E-state index contributed by atoms with van der Waals surface area (Å²) in [6, 6.07) is 7.66. The van der Waals surface area contributed by atoms with Gasteiger partial charge in [0.15, 0.2) is 0 Å². The maximum Gasteiger partial charge on any atom is 0.227 e. The first-order valence-corrected chi connectivity index (χ1v) is 6.23. The summed E-state index contributed by atoms with van der Waals surface area (Å²) in [4.78, 5) is 11.9. The van der Waals surface area contributed by atoms with E-state index in [4.69, 9.17) is 0 Å². The van der Waals surface area contributed by atoms with E-state index in [1.807, 2.05) is 31.2 Å². The first kappa shape index (κ1) is 11.6. The van der Waals surface area contributed by atoms with Crippen molar-refractivity contribution in [1.82, 2.24) is 5.32 Å². The largest absolute Gasteiger partial charge is 0.326 e. The van der Waals surface area contributed by atoms with Crippen molar-refractivity contribution in [2.45, 2.75) is 6.92 Å². The first-order valence-electron chi connectivity index (χ1n) is 5.44. The Labute approximate surface area is 104 Å². The zero-order valence-corrected chi connectivity index (χ0v) is 10.8. The van der Waals surface area contributed by atoms with E-state index in [-0.39, 0.29) is 11.8 Å². The van der Waals surface area contributed by atoms with Gasteiger partial charge in [-0.25, -0.2) is 0 Å². The molecule has 3 nitrogen and oxygen atoms in total. The van der Waals surface area contributed by atoms with Crippen LogP contribution in [0.15, 0.2) is 28.7 Å². The number of carbonyl (C=O) groups is 1. The van der Waals surface area contributed by atoms with Crippen LogP contribution in [0.25, 0.3) is 0 Å². The highest BCUT2D eigenvalue weighted by Gasteiger charge is 2.28. The molecule has 1 unspecified atom stereocenters. The molecule has 0 saturated carbocycles. The van der Waals surface area contributed by atoms with Crippen molar-refractivity contribution in [2.75, 3.05) is 18.4 Å². The normalized spacial score (nSPS) is 17.6. The number of rotatable bonds is 3. The topological polar surface area (TPSA) is 41.1 Å². The minimum Gasteiger partial charge on any atom is -0.326 e. The zero-order chi connectivity index (χ0) is 11.5. The van der Waals surface area contributed by atoms with E-state index in [1.54, 1.807) is 0 Å². The van der Waals surface area contributed by atoms with E-state index in [0.29, 0.717) is 5.92 Å². The van der Waals surface area contributed by atoms with Crippen LogP contribution in [-0.4, -0.2) is 19.0 Å². The molecule has 1 aromatic carbocycles. The molecular formula is C12H15BrN2O. The third-order valence-corrected chi connectivity index (χ3v) is 3.52. The van der Waals surface area contributed by atoms with Crippen LogP contribution in [-0.2, 0) is 4.79 Å². The molecule has 1 aliphatic heterocycles. The Balaban J connectivity index is 1.96. The van der Waals surface area contributed by atoms with Gasteiger partial charge in [0.25, 0.3) is 0 Å². The summed E-state index contributed by atoms with van der Waals surface area (Å²) >= 11 is 3.38. The molecule has 0 spiro atoms. The summed E-state index contributed by atoms with van der Waals surface area (Å²) in [6.45, 7) is 3.89. The van der Waals surface area contributed by atoms with Gasteiger partial charge in [0.05, 0.1) is 0 Å². The molecule has 1 fully saturated rings. The summed E-state index contributed by atoms with van der Waals surface area (Å²) < 4.78 is 0.975. The van der Waals surface area contributed by atoms with Gasteiger partial charge < -0.3 is 10.6 Å². The summed E-state index contributed by atoms with van der Waals surface area (Å²) in [5.74, 6) is 0.650. The Morgan fingerprint density at radius 1 is 1.56 bits per heavy atom. The second-order valence-electron chi connectivity index (χ2n) is 4.21. The Morgan fingerprint density at radius 2 is 2.31 bits per heavy atom. The number of hydrogen-bond acceptors (Lipinski definition) is 2. The molecule has 1 heterocycles. The zero-order valence-electron chi connectivity index (χ0n) is 9.16. The van der Waals surface area contributed by atoms with Crippen molar-refractivity contribution in [2.24, 2.45) is 11.8 Å². The first-order chi connectivity index (χ1) is 7.66. The second kappa shape index (κ2) is 4.97. The molecule has 0 aromatic heterocycles. The number of carbonyl (C=O) groups excluding carboxylic acids is 1. The van der Waals surface area contributed by atoms with E-state index in [0.717, 1.165) is 23.2 Å². The third kappa shape index (κ3) is 2.62. The van der Waals surface area contributed by atoms with Gasteiger partial charge in [-0.15, -0.1) is 0 Å². The minimum atomic E-state index is 0.0697. The van der Waals surface area contributed by atoms with Gasteiger partial charge >= 0.3 is 0 Å². The van der Waals surface area contributed by atoms with Crippen LogP contribution >= 0.6 is 15.9 Å². The van der Waals surface area contributed by atoms with Gasteiger partial charge in [0.1, 0.15) is 0 Å². The molecule has 0 bridgehead atoms. The molecule has 1 aliphatic rings. The number of amides is 1. The van der Waals surface area contributed by atoms with E-state index in [9.17, 15) is 4.79 Å². The Kier molecular flexibility index (Phi) is 3.61. The number of halogens is 1. The molecule has 2 rings (SSSR count). The standard InChI is InChI=1S/C12H15BrN2O/c1-8(9-6-14-7-9)12(16)15-11-4-2-3-10(13)5-11/h2-5,8-9,14H,6-7H2,1H3,(H,15,16). The molecule has 1 atom stereocenters. The third-order valence-electron chi connectivity index (χ3n) is 3.03. The lowest BCUT2D eigenvalue weighted by molar-refractivity contribution is -0.121. The average Bonchev–Trinajstić information content (AvgIpc) is 2.14. The molecule has 2 N–H and O–H groups in total. The molecule has 16 heavy (non-hydrogen) atoms. The van der Waals surface area contributed by atoms with Crippen LogP contribution in [0, 0.1) is 11.8 Å². The van der Waals surface area contributed by atoms with Crippen LogP contribution in [0.4, 0.5) is 5.69 Å². The van der Waals surface area contributed by atoms with E-state index in [2.05, 4.69) is 26.6 Å². The number of anilines is 1. The fourth-order valence-corrected chi connectivity index (χ4v) is 2.10. The van der Waals surface area contributed by atoms with Crippen molar-refractivity contribution in [1.29, 1.82) is 0 Å². The Hall–Kier alpha value is -0.870. The smallest absolute Gasteiger partial charge is 0.227 e. The Bertz CT molecular complexity index is 390. The summed E-state index contributed by atoms with van der Waals surface area (Å²) in [6.07, 6.45) is 0. The fourth-order valence-electron chi connectivity index (χ4n) is 1.70. The van der Waals surface area contributed by atoms with Crippen LogP contribution < -0.4 is 10.6 Å². The molecule has 4 heteroatoms. The second-order valence-corrected chi connectivity index (χ2v) is 5.12. The van der Waals surface area contributed by atoms with Gasteiger partial charge in [0.2, 0.25) is 5.91 Å². The van der Waals surface area contributed by atoms with Gasteiger partial charge in [0, 0.05) is 16.1 Å². The maximum absolute atomic E-state index is 11.9. The van der Waals surface area contributed by atoms with Crippen molar-refractivity contribution < 1.29 is 4.79 Å². The predicted molar refractivity (Wildman–Crippen MR) is 68.3 cm³/mol. The van der Waals surface area contributed by atoms with Crippen molar-refractivity contribution >= 4 is 27.5 Å².